The smallest absolute Gasteiger partial charge is 0.338 e. The van der Waals surface area contributed by atoms with Crippen LogP contribution in [0.5, 0.6) is 11.5 Å². The van der Waals surface area contributed by atoms with Crippen molar-refractivity contribution < 1.29 is 23.8 Å². The molecule has 1 aliphatic heterocycles. The number of hydrogen-bond acceptors (Lipinski definition) is 6. The van der Waals surface area contributed by atoms with E-state index in [1.165, 1.54) is 6.07 Å². The van der Waals surface area contributed by atoms with Crippen molar-refractivity contribution in [1.29, 1.82) is 0 Å². The average Bonchev–Trinajstić information content (AvgIpc) is 3.15. The lowest BCUT2D eigenvalue weighted by Crippen LogP contribution is -2.30. The number of benzene rings is 2. The molecule has 0 fully saturated rings. The summed E-state index contributed by atoms with van der Waals surface area (Å²) in [5, 5.41) is 2.72. The number of fused-ring (bicyclic) bond motifs is 1. The van der Waals surface area contributed by atoms with Crippen molar-refractivity contribution in [2.45, 2.75) is 26.8 Å². The maximum absolute atomic E-state index is 12.1. The maximum atomic E-state index is 12.1. The maximum Gasteiger partial charge on any atom is 0.338 e. The molecule has 0 saturated carbocycles. The van der Waals surface area contributed by atoms with Gasteiger partial charge in [-0.2, -0.15) is 0 Å². The first-order chi connectivity index (χ1) is 13.5. The van der Waals surface area contributed by atoms with E-state index in [9.17, 15) is 9.59 Å². The van der Waals surface area contributed by atoms with E-state index < -0.39 is 11.9 Å². The van der Waals surface area contributed by atoms with Gasteiger partial charge in [0.2, 0.25) is 6.79 Å². The van der Waals surface area contributed by atoms with E-state index in [1.54, 1.807) is 12.1 Å². The highest BCUT2D eigenvalue weighted by Gasteiger charge is 2.17. The highest BCUT2D eigenvalue weighted by atomic mass is 16.7. The van der Waals surface area contributed by atoms with Gasteiger partial charge in [0.05, 0.1) is 5.56 Å². The van der Waals surface area contributed by atoms with E-state index in [0.29, 0.717) is 28.8 Å². The van der Waals surface area contributed by atoms with Crippen molar-refractivity contribution in [2.24, 2.45) is 0 Å². The Morgan fingerprint density at radius 3 is 2.50 bits per heavy atom. The molecule has 0 unspecified atom stereocenters. The minimum atomic E-state index is -0.598. The molecule has 7 nitrogen and oxygen atoms in total. The van der Waals surface area contributed by atoms with Crippen LogP contribution in [0, 0.1) is 0 Å². The molecular formula is C21H24N2O5. The van der Waals surface area contributed by atoms with Crippen LogP contribution in [0.25, 0.3) is 0 Å². The van der Waals surface area contributed by atoms with E-state index in [2.05, 4.69) is 31.0 Å². The normalized spacial score (nSPS) is 12.0. The predicted octanol–water partition coefficient (Wildman–Crippen LogP) is 3.45. The highest BCUT2D eigenvalue weighted by Crippen LogP contribution is 2.32. The molecule has 3 rings (SSSR count). The van der Waals surface area contributed by atoms with Crippen LogP contribution in [-0.2, 0) is 9.53 Å². The van der Waals surface area contributed by atoms with Crippen molar-refractivity contribution in [3.63, 3.8) is 0 Å². The van der Waals surface area contributed by atoms with Gasteiger partial charge in [-0.05, 0) is 63.2 Å². The number of nitrogens with one attached hydrogen (secondary N) is 1. The molecule has 1 heterocycles. The summed E-state index contributed by atoms with van der Waals surface area (Å²) in [4.78, 5) is 26.4. The fourth-order valence-corrected chi connectivity index (χ4v) is 3.02. The number of carbonyl (C=O) groups excluding carboxylic acids is 2. The lowest BCUT2D eigenvalue weighted by atomic mass is 10.2. The molecule has 2 aromatic carbocycles. The summed E-state index contributed by atoms with van der Waals surface area (Å²) in [6.07, 6.45) is 0. The molecule has 2 aromatic rings. The van der Waals surface area contributed by atoms with Crippen molar-refractivity contribution in [3.8, 4) is 11.5 Å². The second-order valence-electron chi connectivity index (χ2n) is 6.62. The van der Waals surface area contributed by atoms with Crippen LogP contribution in [0.2, 0.25) is 0 Å². The summed E-state index contributed by atoms with van der Waals surface area (Å²) in [7, 11) is 0. The summed E-state index contributed by atoms with van der Waals surface area (Å²) in [6.45, 7) is 7.02. The third kappa shape index (κ3) is 4.54. The van der Waals surface area contributed by atoms with Gasteiger partial charge in [0.15, 0.2) is 18.1 Å². The molecule has 1 amide bonds. The summed E-state index contributed by atoms with van der Waals surface area (Å²) in [5.74, 6) is 0.0655. The molecule has 7 heteroatoms. The number of anilines is 2. The van der Waals surface area contributed by atoms with Gasteiger partial charge in [0.1, 0.15) is 0 Å². The Morgan fingerprint density at radius 2 is 1.82 bits per heavy atom. The zero-order valence-electron chi connectivity index (χ0n) is 16.2. The van der Waals surface area contributed by atoms with Gasteiger partial charge in [0, 0.05) is 24.0 Å². The second-order valence-corrected chi connectivity index (χ2v) is 6.62. The van der Waals surface area contributed by atoms with E-state index >= 15 is 0 Å². The van der Waals surface area contributed by atoms with Crippen molar-refractivity contribution in [3.05, 3.63) is 48.0 Å². The lowest BCUT2D eigenvalue weighted by molar-refractivity contribution is -0.119. The number of hydrogen-bond donors (Lipinski definition) is 1. The highest BCUT2D eigenvalue weighted by molar-refractivity contribution is 5.95. The Hall–Kier alpha value is -3.22. The first-order valence-electron chi connectivity index (χ1n) is 9.21. The number of ether oxygens (including phenoxy) is 3. The van der Waals surface area contributed by atoms with Crippen LogP contribution < -0.4 is 19.7 Å². The van der Waals surface area contributed by atoms with Crippen LogP contribution in [0.3, 0.4) is 0 Å². The lowest BCUT2D eigenvalue weighted by Gasteiger charge is -2.27. The first kappa shape index (κ1) is 19.5. The minimum Gasteiger partial charge on any atom is -0.454 e. The molecule has 28 heavy (non-hydrogen) atoms. The van der Waals surface area contributed by atoms with Crippen LogP contribution in [0.15, 0.2) is 42.5 Å². The molecule has 0 bridgehead atoms. The van der Waals surface area contributed by atoms with Gasteiger partial charge in [-0.3, -0.25) is 4.79 Å². The van der Waals surface area contributed by atoms with E-state index in [4.69, 9.17) is 14.2 Å². The Balaban J connectivity index is 1.52. The van der Waals surface area contributed by atoms with Crippen LogP contribution >= 0.6 is 0 Å². The minimum absolute atomic E-state index is 0.127. The summed E-state index contributed by atoms with van der Waals surface area (Å²) in [6, 6.07) is 12.7. The van der Waals surface area contributed by atoms with Gasteiger partial charge in [0.25, 0.3) is 5.91 Å². The quantitative estimate of drug-likeness (QED) is 0.737. The van der Waals surface area contributed by atoms with E-state index in [-0.39, 0.29) is 13.4 Å². The molecule has 0 aromatic heterocycles. The Bertz CT molecular complexity index is 848. The van der Waals surface area contributed by atoms with Crippen LogP contribution in [0.1, 0.15) is 31.1 Å². The van der Waals surface area contributed by atoms with Crippen molar-refractivity contribution in [1.82, 2.24) is 0 Å². The summed E-state index contributed by atoms with van der Waals surface area (Å²) >= 11 is 0. The van der Waals surface area contributed by atoms with E-state index in [0.717, 1.165) is 12.2 Å². The number of nitrogens with zero attached hydrogens (tertiary/aromatic N) is 1. The predicted molar refractivity (Wildman–Crippen MR) is 106 cm³/mol. The molecule has 0 atom stereocenters. The number of rotatable bonds is 7. The Labute approximate surface area is 164 Å². The second kappa shape index (κ2) is 8.65. The average molecular weight is 384 g/mol. The molecule has 0 spiro atoms. The zero-order chi connectivity index (χ0) is 20.1. The third-order valence-electron chi connectivity index (χ3n) is 4.39. The fourth-order valence-electron chi connectivity index (χ4n) is 3.02. The molecule has 0 aliphatic carbocycles. The van der Waals surface area contributed by atoms with Gasteiger partial charge >= 0.3 is 5.97 Å². The summed E-state index contributed by atoms with van der Waals surface area (Å²) < 4.78 is 15.5. The van der Waals surface area contributed by atoms with Gasteiger partial charge in [-0.15, -0.1) is 0 Å². The zero-order valence-corrected chi connectivity index (χ0v) is 16.2. The number of amides is 1. The van der Waals surface area contributed by atoms with Gasteiger partial charge < -0.3 is 24.4 Å². The van der Waals surface area contributed by atoms with Gasteiger partial charge in [-0.25, -0.2) is 4.79 Å². The SMILES string of the molecule is CCN(c1ccc(NC(=O)COC(=O)c2ccc3c(c2)OCO3)cc1)C(C)C. The third-order valence-corrected chi connectivity index (χ3v) is 4.39. The molecule has 1 aliphatic rings. The van der Waals surface area contributed by atoms with Crippen LogP contribution in [-0.4, -0.2) is 37.9 Å². The standard InChI is InChI=1S/C21H24N2O5/c1-4-23(14(2)3)17-8-6-16(7-9-17)22-20(24)12-26-21(25)15-5-10-18-19(11-15)28-13-27-18/h5-11,14H,4,12-13H2,1-3H3,(H,22,24). The molecule has 0 saturated heterocycles. The Morgan fingerprint density at radius 1 is 1.11 bits per heavy atom. The summed E-state index contributed by atoms with van der Waals surface area (Å²) in [5.41, 5.74) is 2.03. The molecular weight excluding hydrogens is 360 g/mol. The fraction of sp³-hybridized carbons (Fsp3) is 0.333. The monoisotopic (exact) mass is 384 g/mol. The van der Waals surface area contributed by atoms with E-state index in [1.807, 2.05) is 24.3 Å². The van der Waals surface area contributed by atoms with Crippen LogP contribution in [0.4, 0.5) is 11.4 Å². The van der Waals surface area contributed by atoms with Crippen molar-refractivity contribution in [2.75, 3.05) is 30.2 Å². The molecule has 1 N–H and O–H groups in total. The number of carbonyl (C=O) groups is 2. The van der Waals surface area contributed by atoms with Gasteiger partial charge in [-0.1, -0.05) is 0 Å². The molecule has 0 radical (unpaired) electrons. The van der Waals surface area contributed by atoms with Crippen molar-refractivity contribution >= 4 is 23.3 Å². The Kier molecular flexibility index (Phi) is 6.03. The first-order valence-corrected chi connectivity index (χ1v) is 9.21. The topological polar surface area (TPSA) is 77.1 Å². The number of esters is 1. The largest absolute Gasteiger partial charge is 0.454 e. The molecule has 148 valence electrons.